The molecule has 0 radical (unpaired) electrons. The van der Waals surface area contributed by atoms with Crippen molar-refractivity contribution in [3.63, 3.8) is 0 Å². The molecule has 2 unspecified atom stereocenters. The number of nitrogens with one attached hydrogen (secondary N) is 1. The fraction of sp³-hybridized carbons (Fsp3) is 0.833. The number of nitrogens with two attached hydrogens (primary N) is 1. The molecule has 2 atom stereocenters. The van der Waals surface area contributed by atoms with Gasteiger partial charge < -0.3 is 20.9 Å². The summed E-state index contributed by atoms with van der Waals surface area (Å²) < 4.78 is 4.87. The third-order valence-corrected chi connectivity index (χ3v) is 2.82. The Labute approximate surface area is 108 Å². The molecule has 0 fully saturated rings. The molecule has 0 spiro atoms. The molecule has 0 saturated carbocycles. The van der Waals surface area contributed by atoms with Crippen molar-refractivity contribution in [3.05, 3.63) is 0 Å². The summed E-state index contributed by atoms with van der Waals surface area (Å²) in [4.78, 5) is 22.9. The second-order valence-corrected chi connectivity index (χ2v) is 4.62. The highest BCUT2D eigenvalue weighted by Crippen LogP contribution is 2.13. The highest BCUT2D eigenvalue weighted by molar-refractivity contribution is 5.89. The molecular weight excluding hydrogens is 236 g/mol. The number of carboxylic acids is 1. The van der Waals surface area contributed by atoms with Crippen molar-refractivity contribution in [2.75, 3.05) is 13.7 Å². The molecule has 0 bridgehead atoms. The maximum absolute atomic E-state index is 11.8. The summed E-state index contributed by atoms with van der Waals surface area (Å²) >= 11 is 0. The zero-order valence-electron chi connectivity index (χ0n) is 11.4. The van der Waals surface area contributed by atoms with Gasteiger partial charge in [0.15, 0.2) is 0 Å². The quantitative estimate of drug-likeness (QED) is 0.524. The van der Waals surface area contributed by atoms with Crippen LogP contribution in [0.1, 0.15) is 39.5 Å². The third-order valence-electron chi connectivity index (χ3n) is 2.82. The van der Waals surface area contributed by atoms with Crippen molar-refractivity contribution < 1.29 is 19.4 Å². The van der Waals surface area contributed by atoms with Crippen LogP contribution in [0.3, 0.4) is 0 Å². The van der Waals surface area contributed by atoms with E-state index in [1.54, 1.807) is 7.11 Å². The van der Waals surface area contributed by atoms with E-state index in [2.05, 4.69) is 5.32 Å². The van der Waals surface area contributed by atoms with Crippen molar-refractivity contribution in [2.45, 2.75) is 51.1 Å². The lowest BCUT2D eigenvalue weighted by atomic mass is 9.95. The molecule has 0 aliphatic carbocycles. The highest BCUT2D eigenvalue weighted by Gasteiger charge is 2.34. The van der Waals surface area contributed by atoms with Gasteiger partial charge >= 0.3 is 5.97 Å². The van der Waals surface area contributed by atoms with Crippen LogP contribution < -0.4 is 11.1 Å². The van der Waals surface area contributed by atoms with Crippen molar-refractivity contribution >= 4 is 11.9 Å². The van der Waals surface area contributed by atoms with E-state index < -0.39 is 23.5 Å². The van der Waals surface area contributed by atoms with E-state index in [4.69, 9.17) is 15.6 Å². The van der Waals surface area contributed by atoms with E-state index in [-0.39, 0.29) is 0 Å². The number of hydrogen-bond acceptors (Lipinski definition) is 4. The van der Waals surface area contributed by atoms with Gasteiger partial charge in [0.1, 0.15) is 5.54 Å². The zero-order chi connectivity index (χ0) is 14.2. The Kier molecular flexibility index (Phi) is 7.54. The molecule has 1 amide bonds. The molecule has 4 N–H and O–H groups in total. The van der Waals surface area contributed by atoms with Crippen LogP contribution in [-0.4, -0.2) is 42.3 Å². The molecule has 6 heteroatoms. The second-order valence-electron chi connectivity index (χ2n) is 4.62. The summed E-state index contributed by atoms with van der Waals surface area (Å²) in [6.07, 6.45) is 2.19. The average Bonchev–Trinajstić information content (AvgIpc) is 2.29. The number of carbonyl (C=O) groups excluding carboxylic acids is 1. The van der Waals surface area contributed by atoms with Crippen LogP contribution in [0.4, 0.5) is 0 Å². The Bertz CT molecular complexity index is 283. The number of aliphatic carboxylic acids is 1. The molecule has 0 aliphatic rings. The average molecular weight is 260 g/mol. The lowest BCUT2D eigenvalue weighted by molar-refractivity contribution is -0.147. The smallest absolute Gasteiger partial charge is 0.329 e. The van der Waals surface area contributed by atoms with Gasteiger partial charge in [-0.3, -0.25) is 4.79 Å². The maximum atomic E-state index is 11.8. The van der Waals surface area contributed by atoms with E-state index in [9.17, 15) is 9.59 Å². The van der Waals surface area contributed by atoms with Crippen LogP contribution in [-0.2, 0) is 14.3 Å². The van der Waals surface area contributed by atoms with Crippen LogP contribution in [0.5, 0.6) is 0 Å². The maximum Gasteiger partial charge on any atom is 0.329 e. The van der Waals surface area contributed by atoms with Crippen molar-refractivity contribution in [1.29, 1.82) is 0 Å². The van der Waals surface area contributed by atoms with Gasteiger partial charge in [-0.25, -0.2) is 4.79 Å². The third kappa shape index (κ3) is 5.46. The summed E-state index contributed by atoms with van der Waals surface area (Å²) in [7, 11) is 1.58. The fourth-order valence-corrected chi connectivity index (χ4v) is 1.67. The van der Waals surface area contributed by atoms with Crippen molar-refractivity contribution in [3.8, 4) is 0 Å². The van der Waals surface area contributed by atoms with Gasteiger partial charge in [-0.2, -0.15) is 0 Å². The Morgan fingerprint density at radius 2 is 2.11 bits per heavy atom. The molecule has 0 rings (SSSR count). The SMILES string of the molecule is CCCC(C)(NC(=O)C(N)CCCOC)C(=O)O. The van der Waals surface area contributed by atoms with Gasteiger partial charge in [0.05, 0.1) is 6.04 Å². The normalized spacial score (nSPS) is 15.8. The first-order valence-electron chi connectivity index (χ1n) is 6.17. The van der Waals surface area contributed by atoms with E-state index >= 15 is 0 Å². The van der Waals surface area contributed by atoms with Crippen molar-refractivity contribution in [1.82, 2.24) is 5.32 Å². The Hall–Kier alpha value is -1.14. The van der Waals surface area contributed by atoms with Crippen LogP contribution in [0.15, 0.2) is 0 Å². The lowest BCUT2D eigenvalue weighted by Gasteiger charge is -2.27. The van der Waals surface area contributed by atoms with Gasteiger partial charge in [0.25, 0.3) is 0 Å². The predicted octanol–water partition coefficient (Wildman–Crippen LogP) is 0.500. The Morgan fingerprint density at radius 1 is 1.50 bits per heavy atom. The van der Waals surface area contributed by atoms with Gasteiger partial charge in [-0.15, -0.1) is 0 Å². The topological polar surface area (TPSA) is 102 Å². The summed E-state index contributed by atoms with van der Waals surface area (Å²) in [5.41, 5.74) is 4.46. The highest BCUT2D eigenvalue weighted by atomic mass is 16.5. The summed E-state index contributed by atoms with van der Waals surface area (Å²) in [6.45, 7) is 3.90. The molecule has 18 heavy (non-hydrogen) atoms. The number of ether oxygens (including phenoxy) is 1. The number of amides is 1. The first-order chi connectivity index (χ1) is 8.37. The molecule has 6 nitrogen and oxygen atoms in total. The first kappa shape index (κ1) is 16.9. The monoisotopic (exact) mass is 260 g/mol. The minimum absolute atomic E-state index is 0.374. The molecule has 0 saturated heterocycles. The molecule has 0 aromatic carbocycles. The van der Waals surface area contributed by atoms with E-state index in [0.717, 1.165) is 0 Å². The zero-order valence-corrected chi connectivity index (χ0v) is 11.4. The molecule has 0 aromatic rings. The summed E-state index contributed by atoms with van der Waals surface area (Å²) in [6, 6.07) is -0.698. The van der Waals surface area contributed by atoms with E-state index in [0.29, 0.717) is 32.3 Å². The standard InChI is InChI=1S/C12H24N2O4/c1-4-7-12(2,11(16)17)14-10(15)9(13)6-5-8-18-3/h9H,4-8,13H2,1-3H3,(H,14,15)(H,16,17). The Morgan fingerprint density at radius 3 is 2.56 bits per heavy atom. The van der Waals surface area contributed by atoms with Crippen LogP contribution >= 0.6 is 0 Å². The Balaban J connectivity index is 4.37. The molecular formula is C12H24N2O4. The predicted molar refractivity (Wildman–Crippen MR) is 68.2 cm³/mol. The van der Waals surface area contributed by atoms with Gasteiger partial charge in [-0.1, -0.05) is 13.3 Å². The van der Waals surface area contributed by atoms with Crippen molar-refractivity contribution in [2.24, 2.45) is 5.73 Å². The van der Waals surface area contributed by atoms with Crippen LogP contribution in [0, 0.1) is 0 Å². The van der Waals surface area contributed by atoms with Crippen LogP contribution in [0.25, 0.3) is 0 Å². The largest absolute Gasteiger partial charge is 0.480 e. The summed E-state index contributed by atoms with van der Waals surface area (Å²) in [5, 5.41) is 11.6. The number of hydrogen-bond donors (Lipinski definition) is 3. The number of carboxylic acid groups (broad SMARTS) is 1. The second kappa shape index (κ2) is 8.05. The molecule has 0 aromatic heterocycles. The van der Waals surface area contributed by atoms with Gasteiger partial charge in [-0.05, 0) is 26.2 Å². The van der Waals surface area contributed by atoms with E-state index in [1.807, 2.05) is 6.92 Å². The number of rotatable bonds is 9. The minimum atomic E-state index is -1.25. The minimum Gasteiger partial charge on any atom is -0.480 e. The molecule has 0 aliphatic heterocycles. The number of carbonyl (C=O) groups is 2. The van der Waals surface area contributed by atoms with E-state index in [1.165, 1.54) is 6.92 Å². The lowest BCUT2D eigenvalue weighted by Crippen LogP contribution is -2.56. The summed E-state index contributed by atoms with van der Waals surface area (Å²) in [5.74, 6) is -1.47. The van der Waals surface area contributed by atoms with Gasteiger partial charge in [0.2, 0.25) is 5.91 Å². The van der Waals surface area contributed by atoms with Gasteiger partial charge in [0, 0.05) is 13.7 Å². The molecule has 0 heterocycles. The first-order valence-corrected chi connectivity index (χ1v) is 6.17. The fourth-order valence-electron chi connectivity index (χ4n) is 1.67. The molecule has 106 valence electrons. The number of methoxy groups -OCH3 is 1. The van der Waals surface area contributed by atoms with Crippen LogP contribution in [0.2, 0.25) is 0 Å².